The van der Waals surface area contributed by atoms with Crippen molar-refractivity contribution in [3.05, 3.63) is 162 Å². The first kappa shape index (κ1) is 35.3. The number of carbonyl (C=O) groups is 1. The fourth-order valence-corrected chi connectivity index (χ4v) is 7.59. The van der Waals surface area contributed by atoms with Crippen molar-refractivity contribution in [3.8, 4) is 16.8 Å². The van der Waals surface area contributed by atoms with Crippen LogP contribution in [0.5, 0.6) is 0 Å². The minimum absolute atomic E-state index is 0.00885. The van der Waals surface area contributed by atoms with Gasteiger partial charge in [0.15, 0.2) is 6.29 Å². The van der Waals surface area contributed by atoms with E-state index in [1.807, 2.05) is 109 Å². The molecule has 1 saturated heterocycles. The lowest BCUT2D eigenvalue weighted by Crippen LogP contribution is -2.38. The smallest absolute Gasteiger partial charge is 0.271 e. The first-order valence-corrected chi connectivity index (χ1v) is 18.7. The summed E-state index contributed by atoms with van der Waals surface area (Å²) in [5.41, 5.74) is 8.23. The fraction of sp³-hybridized carbons (Fsp3) is 0.190. The summed E-state index contributed by atoms with van der Waals surface area (Å²) in [5, 5.41) is 25.8. The fourth-order valence-electron chi connectivity index (χ4n) is 6.53. The number of nitrogens with one attached hydrogen (secondary N) is 1. The minimum Gasteiger partial charge on any atom is -0.392 e. The number of nitrogens with zero attached hydrogens (tertiary/aromatic N) is 6. The van der Waals surface area contributed by atoms with Crippen molar-refractivity contribution < 1.29 is 19.4 Å². The van der Waals surface area contributed by atoms with Gasteiger partial charge in [-0.1, -0.05) is 110 Å². The molecule has 12 heteroatoms. The van der Waals surface area contributed by atoms with E-state index >= 15 is 0 Å². The van der Waals surface area contributed by atoms with Crippen LogP contribution in [0.2, 0.25) is 0 Å². The van der Waals surface area contributed by atoms with E-state index in [4.69, 9.17) is 9.47 Å². The summed E-state index contributed by atoms with van der Waals surface area (Å²) in [7, 11) is 0. The minimum atomic E-state index is -0.648. The number of ether oxygens (including phenoxy) is 2. The molecule has 0 spiro atoms. The van der Waals surface area contributed by atoms with Gasteiger partial charge in [-0.2, -0.15) is 4.68 Å². The monoisotopic (exact) mass is 735 g/mol. The lowest BCUT2D eigenvalue weighted by atomic mass is 9.91. The molecular formula is C42H37N7O4S. The number of aliphatic hydroxyl groups excluding tert-OH is 1. The molecule has 0 unspecified atom stereocenters. The maximum absolute atomic E-state index is 13.0. The molecule has 1 amide bonds. The normalized spacial score (nSPS) is 18.4. The second kappa shape index (κ2) is 16.1. The van der Waals surface area contributed by atoms with Gasteiger partial charge in [0.05, 0.1) is 41.7 Å². The number of hydrogen-bond acceptors (Lipinski definition) is 10. The number of benzene rings is 5. The van der Waals surface area contributed by atoms with Gasteiger partial charge in [0.1, 0.15) is 5.69 Å². The van der Waals surface area contributed by atoms with Crippen LogP contribution in [-0.4, -0.2) is 53.0 Å². The van der Waals surface area contributed by atoms with Crippen LogP contribution in [-0.2, 0) is 22.6 Å². The molecule has 11 nitrogen and oxygen atoms in total. The van der Waals surface area contributed by atoms with E-state index in [1.54, 1.807) is 16.4 Å². The number of hydrogen-bond donors (Lipinski definition) is 2. The zero-order valence-corrected chi connectivity index (χ0v) is 30.2. The van der Waals surface area contributed by atoms with Gasteiger partial charge in [-0.15, -0.1) is 5.10 Å². The third kappa shape index (κ3) is 7.78. The van der Waals surface area contributed by atoms with Crippen molar-refractivity contribution >= 4 is 28.7 Å². The number of aliphatic hydroxyl groups is 1. The lowest BCUT2D eigenvalue weighted by molar-refractivity contribution is -0.268. The molecule has 0 bridgehead atoms. The molecule has 8 rings (SSSR count). The number of fused-ring (bicyclic) bond motifs is 1. The number of tetrazole rings is 1. The van der Waals surface area contributed by atoms with E-state index in [2.05, 4.69) is 55.9 Å². The Hall–Kier alpha value is -5.79. The zero-order chi connectivity index (χ0) is 36.9. The molecule has 1 aliphatic rings. The standard InChI is InChI=1S/C42H37N7O4S/c1-27-38(26-54-42-46-47-48-49(42)34-13-3-2-4-14-34)52-41(53-39(27)30-19-17-28(25-50)18-20-30)33-12-8-11-32(22-33)31-10-7-9-29(21-31)23-44-40(51)37-24-43-35-15-5-6-16-36(35)45-37/h2-22,24,27,38-39,41,50H,23,25-26H2,1H3,(H,44,51)/t27-,38+,39+,41+/m1/s1. The number of carbonyl (C=O) groups excluding carboxylic acids is 1. The van der Waals surface area contributed by atoms with Gasteiger partial charge < -0.3 is 19.9 Å². The number of amides is 1. The summed E-state index contributed by atoms with van der Waals surface area (Å²) >= 11 is 1.54. The third-order valence-corrected chi connectivity index (χ3v) is 10.5. The van der Waals surface area contributed by atoms with Crippen LogP contribution in [0.1, 0.15) is 52.1 Å². The molecule has 1 aliphatic heterocycles. The molecule has 0 radical (unpaired) electrons. The first-order chi connectivity index (χ1) is 26.5. The highest BCUT2D eigenvalue weighted by molar-refractivity contribution is 7.99. The Kier molecular flexibility index (Phi) is 10.5. The third-order valence-electron chi connectivity index (χ3n) is 9.50. The summed E-state index contributed by atoms with van der Waals surface area (Å²) in [5.74, 6) is 0.300. The van der Waals surface area contributed by atoms with Crippen molar-refractivity contribution in [2.45, 2.75) is 43.7 Å². The zero-order valence-electron chi connectivity index (χ0n) is 29.4. The molecule has 54 heavy (non-hydrogen) atoms. The second-order valence-electron chi connectivity index (χ2n) is 13.1. The maximum Gasteiger partial charge on any atom is 0.271 e. The molecule has 0 saturated carbocycles. The topological polar surface area (TPSA) is 137 Å². The van der Waals surface area contributed by atoms with Gasteiger partial charge >= 0.3 is 0 Å². The van der Waals surface area contributed by atoms with Crippen molar-refractivity contribution in [1.82, 2.24) is 35.5 Å². The average molecular weight is 736 g/mol. The number of thioether (sulfide) groups is 1. The number of rotatable bonds is 11. The van der Waals surface area contributed by atoms with E-state index in [9.17, 15) is 9.90 Å². The summed E-state index contributed by atoms with van der Waals surface area (Å²) < 4.78 is 15.2. The average Bonchev–Trinajstić information content (AvgIpc) is 3.71. The van der Waals surface area contributed by atoms with Crippen LogP contribution in [0.3, 0.4) is 0 Å². The van der Waals surface area contributed by atoms with Crippen LogP contribution >= 0.6 is 11.8 Å². The van der Waals surface area contributed by atoms with Crippen molar-refractivity contribution in [2.24, 2.45) is 5.92 Å². The Morgan fingerprint density at radius 3 is 2.39 bits per heavy atom. The Bertz CT molecular complexity index is 2370. The van der Waals surface area contributed by atoms with E-state index in [0.29, 0.717) is 23.0 Å². The SMILES string of the molecule is C[C@@H]1[C@H](CSc2nnnn2-c2ccccc2)O[C@H](c2cccc(-c3cccc(CNC(=O)c4cnc5ccccc5n4)c3)c2)O[C@@H]1c1ccc(CO)cc1. The van der Waals surface area contributed by atoms with Gasteiger partial charge in [0.25, 0.3) is 5.91 Å². The number of para-hydroxylation sites is 3. The molecule has 4 atom stereocenters. The van der Waals surface area contributed by atoms with Crippen LogP contribution in [0, 0.1) is 5.92 Å². The highest BCUT2D eigenvalue weighted by atomic mass is 32.2. The summed E-state index contributed by atoms with van der Waals surface area (Å²) in [6.07, 6.45) is 0.377. The van der Waals surface area contributed by atoms with Gasteiger partial charge in [-0.3, -0.25) is 9.78 Å². The van der Waals surface area contributed by atoms with E-state index < -0.39 is 6.29 Å². The Labute approximate surface area is 316 Å². The van der Waals surface area contributed by atoms with Crippen molar-refractivity contribution in [3.63, 3.8) is 0 Å². The lowest BCUT2D eigenvalue weighted by Gasteiger charge is -2.41. The highest BCUT2D eigenvalue weighted by Gasteiger charge is 2.38. The second-order valence-corrected chi connectivity index (χ2v) is 14.1. The molecule has 2 aromatic heterocycles. The van der Waals surface area contributed by atoms with Gasteiger partial charge in [-0.25, -0.2) is 4.98 Å². The maximum atomic E-state index is 13.0. The largest absolute Gasteiger partial charge is 0.392 e. The van der Waals surface area contributed by atoms with Crippen molar-refractivity contribution in [1.29, 1.82) is 0 Å². The Morgan fingerprint density at radius 1 is 0.815 bits per heavy atom. The van der Waals surface area contributed by atoms with E-state index in [0.717, 1.165) is 44.6 Å². The molecule has 3 heterocycles. The number of aromatic nitrogens is 6. The van der Waals surface area contributed by atoms with Crippen LogP contribution < -0.4 is 5.32 Å². The van der Waals surface area contributed by atoms with Gasteiger partial charge in [0, 0.05) is 23.8 Å². The summed E-state index contributed by atoms with van der Waals surface area (Å²) in [6.45, 7) is 2.44. The van der Waals surface area contributed by atoms with Crippen LogP contribution in [0.15, 0.2) is 139 Å². The van der Waals surface area contributed by atoms with E-state index in [1.165, 1.54) is 6.20 Å². The Balaban J connectivity index is 1.01. The molecule has 1 fully saturated rings. The van der Waals surface area contributed by atoms with Crippen LogP contribution in [0.4, 0.5) is 0 Å². The predicted molar refractivity (Wildman–Crippen MR) is 205 cm³/mol. The molecule has 7 aromatic rings. The predicted octanol–water partition coefficient (Wildman–Crippen LogP) is 7.28. The quantitative estimate of drug-likeness (QED) is 0.131. The molecule has 5 aromatic carbocycles. The van der Waals surface area contributed by atoms with Gasteiger partial charge in [-0.05, 0) is 74.6 Å². The molecule has 2 N–H and O–H groups in total. The van der Waals surface area contributed by atoms with Gasteiger partial charge in [0.2, 0.25) is 5.16 Å². The van der Waals surface area contributed by atoms with E-state index in [-0.39, 0.29) is 36.3 Å². The molecule has 0 aliphatic carbocycles. The first-order valence-electron chi connectivity index (χ1n) is 17.7. The Morgan fingerprint density at radius 2 is 1.57 bits per heavy atom. The summed E-state index contributed by atoms with van der Waals surface area (Å²) in [4.78, 5) is 21.8. The summed E-state index contributed by atoms with van der Waals surface area (Å²) in [6, 6.07) is 41.4. The molecule has 270 valence electrons. The van der Waals surface area contributed by atoms with Crippen molar-refractivity contribution in [2.75, 3.05) is 5.75 Å². The molecular weight excluding hydrogens is 699 g/mol. The van der Waals surface area contributed by atoms with Crippen LogP contribution in [0.25, 0.3) is 27.8 Å². The highest BCUT2D eigenvalue weighted by Crippen LogP contribution is 2.43.